The molecule has 1 heterocycles. The van der Waals surface area contributed by atoms with Crippen molar-refractivity contribution >= 4 is 17.3 Å². The van der Waals surface area contributed by atoms with Crippen molar-refractivity contribution in [3.8, 4) is 5.75 Å². The van der Waals surface area contributed by atoms with Gasteiger partial charge in [0, 0.05) is 12.1 Å². The lowest BCUT2D eigenvalue weighted by Crippen LogP contribution is -2.28. The summed E-state index contributed by atoms with van der Waals surface area (Å²) in [5, 5.41) is 13.8. The number of hydrogen-bond acceptors (Lipinski definition) is 4. The molecule has 0 aromatic heterocycles. The second kappa shape index (κ2) is 5.49. The molecule has 1 aromatic rings. The molecule has 7 heteroatoms. The van der Waals surface area contributed by atoms with E-state index in [0.717, 1.165) is 31.5 Å². The Morgan fingerprint density at radius 2 is 2.39 bits per heavy atom. The van der Waals surface area contributed by atoms with E-state index in [1.54, 1.807) is 0 Å². The van der Waals surface area contributed by atoms with Crippen molar-refractivity contribution < 1.29 is 14.1 Å². The van der Waals surface area contributed by atoms with Crippen molar-refractivity contribution in [3.63, 3.8) is 0 Å². The molecule has 0 bridgehead atoms. The summed E-state index contributed by atoms with van der Waals surface area (Å²) in [7, 11) is 0. The van der Waals surface area contributed by atoms with Gasteiger partial charge in [0.2, 0.25) is 0 Å². The van der Waals surface area contributed by atoms with E-state index in [9.17, 15) is 14.5 Å². The van der Waals surface area contributed by atoms with E-state index in [1.165, 1.54) is 0 Å². The van der Waals surface area contributed by atoms with Crippen molar-refractivity contribution in [2.75, 3.05) is 13.2 Å². The van der Waals surface area contributed by atoms with Crippen LogP contribution in [0.5, 0.6) is 5.75 Å². The summed E-state index contributed by atoms with van der Waals surface area (Å²) in [6.45, 7) is 1.23. The molecule has 1 aromatic carbocycles. The van der Waals surface area contributed by atoms with Gasteiger partial charge in [0.05, 0.1) is 16.0 Å². The van der Waals surface area contributed by atoms with Gasteiger partial charge >= 0.3 is 5.69 Å². The first kappa shape index (κ1) is 13.0. The molecular formula is C11H12ClFN2O3. The molecular weight excluding hydrogens is 263 g/mol. The largest absolute Gasteiger partial charge is 0.485 e. The lowest BCUT2D eigenvalue weighted by Gasteiger charge is -2.12. The Hall–Kier alpha value is -1.40. The maximum absolute atomic E-state index is 13.2. The molecule has 2 rings (SSSR count). The van der Waals surface area contributed by atoms with Crippen LogP contribution in [0.15, 0.2) is 12.1 Å². The van der Waals surface area contributed by atoms with Crippen LogP contribution in [0.25, 0.3) is 0 Å². The fourth-order valence-electron chi connectivity index (χ4n) is 1.87. The van der Waals surface area contributed by atoms with Crippen molar-refractivity contribution in [1.29, 1.82) is 0 Å². The van der Waals surface area contributed by atoms with Gasteiger partial charge < -0.3 is 10.1 Å². The normalized spacial score (nSPS) is 18.9. The highest BCUT2D eigenvalue weighted by Gasteiger charge is 2.21. The van der Waals surface area contributed by atoms with Gasteiger partial charge in [-0.1, -0.05) is 11.6 Å². The van der Waals surface area contributed by atoms with E-state index in [4.69, 9.17) is 16.3 Å². The Morgan fingerprint density at radius 1 is 1.61 bits per heavy atom. The monoisotopic (exact) mass is 274 g/mol. The fourth-order valence-corrected chi connectivity index (χ4v) is 2.02. The third-order valence-corrected chi connectivity index (χ3v) is 3.09. The quantitative estimate of drug-likeness (QED) is 0.677. The standard InChI is InChI=1S/C11H12ClFN2O3/c12-8-4-11(10(15(16)17)5-9(8)13)18-6-7-2-1-3-14-7/h4-5,7,14H,1-3,6H2. The predicted octanol–water partition coefficient (Wildman–Crippen LogP) is 2.52. The highest BCUT2D eigenvalue weighted by Crippen LogP contribution is 2.32. The van der Waals surface area contributed by atoms with Crippen molar-refractivity contribution in [3.05, 3.63) is 33.1 Å². The second-order valence-corrected chi connectivity index (χ2v) is 4.50. The van der Waals surface area contributed by atoms with Crippen LogP contribution in [0.4, 0.5) is 10.1 Å². The van der Waals surface area contributed by atoms with Crippen LogP contribution in [-0.4, -0.2) is 24.1 Å². The molecule has 0 aliphatic carbocycles. The maximum atomic E-state index is 13.2. The van der Waals surface area contributed by atoms with Crippen LogP contribution >= 0.6 is 11.6 Å². The smallest absolute Gasteiger partial charge is 0.313 e. The number of ether oxygens (including phenoxy) is 1. The van der Waals surface area contributed by atoms with E-state index in [-0.39, 0.29) is 16.8 Å². The summed E-state index contributed by atoms with van der Waals surface area (Å²) in [5.41, 5.74) is -0.408. The number of benzene rings is 1. The molecule has 0 amide bonds. The lowest BCUT2D eigenvalue weighted by atomic mass is 10.2. The van der Waals surface area contributed by atoms with Gasteiger partial charge in [-0.3, -0.25) is 10.1 Å². The van der Waals surface area contributed by atoms with E-state index in [0.29, 0.717) is 6.61 Å². The molecule has 0 spiro atoms. The average Bonchev–Trinajstić information content (AvgIpc) is 2.83. The molecule has 1 N–H and O–H groups in total. The minimum atomic E-state index is -0.824. The SMILES string of the molecule is O=[N+]([O-])c1cc(F)c(Cl)cc1OCC1CCCN1. The van der Waals surface area contributed by atoms with Gasteiger partial charge in [-0.25, -0.2) is 4.39 Å². The van der Waals surface area contributed by atoms with E-state index in [1.807, 2.05) is 0 Å². The molecule has 98 valence electrons. The summed E-state index contributed by atoms with van der Waals surface area (Å²) in [6, 6.07) is 2.09. The maximum Gasteiger partial charge on any atom is 0.313 e. The molecule has 1 saturated heterocycles. The van der Waals surface area contributed by atoms with Crippen LogP contribution in [0.3, 0.4) is 0 Å². The number of nitrogens with one attached hydrogen (secondary N) is 1. The summed E-state index contributed by atoms with van der Waals surface area (Å²) in [4.78, 5) is 10.1. The van der Waals surface area contributed by atoms with Gasteiger partial charge in [0.15, 0.2) is 5.75 Å². The molecule has 1 atom stereocenters. The minimum Gasteiger partial charge on any atom is -0.485 e. The van der Waals surface area contributed by atoms with Gasteiger partial charge in [0.1, 0.15) is 12.4 Å². The average molecular weight is 275 g/mol. The van der Waals surface area contributed by atoms with E-state index >= 15 is 0 Å². The Kier molecular flexibility index (Phi) is 3.98. The highest BCUT2D eigenvalue weighted by molar-refractivity contribution is 6.31. The van der Waals surface area contributed by atoms with Crippen molar-refractivity contribution in [2.24, 2.45) is 0 Å². The van der Waals surface area contributed by atoms with E-state index in [2.05, 4.69) is 5.32 Å². The summed E-state index contributed by atoms with van der Waals surface area (Å²) in [6.07, 6.45) is 2.02. The number of halogens is 2. The van der Waals surface area contributed by atoms with E-state index < -0.39 is 16.4 Å². The van der Waals surface area contributed by atoms with Gasteiger partial charge in [-0.05, 0) is 19.4 Å². The van der Waals surface area contributed by atoms with Crippen LogP contribution < -0.4 is 10.1 Å². The third-order valence-electron chi connectivity index (χ3n) is 2.80. The Bertz CT molecular complexity index is 464. The van der Waals surface area contributed by atoms with Gasteiger partial charge in [-0.2, -0.15) is 0 Å². The molecule has 1 aliphatic rings. The first-order valence-electron chi connectivity index (χ1n) is 5.57. The van der Waals surface area contributed by atoms with Crippen LogP contribution in [0, 0.1) is 15.9 Å². The Morgan fingerprint density at radius 3 is 3.00 bits per heavy atom. The summed E-state index contributed by atoms with van der Waals surface area (Å²) >= 11 is 5.59. The predicted molar refractivity (Wildman–Crippen MR) is 64.6 cm³/mol. The number of nitro benzene ring substituents is 1. The van der Waals surface area contributed by atoms with Crippen LogP contribution in [0.2, 0.25) is 5.02 Å². The summed E-state index contributed by atoms with van der Waals surface area (Å²) in [5.74, 6) is -0.824. The van der Waals surface area contributed by atoms with Crippen molar-refractivity contribution in [1.82, 2.24) is 5.32 Å². The molecule has 1 aliphatic heterocycles. The van der Waals surface area contributed by atoms with Crippen molar-refractivity contribution in [2.45, 2.75) is 18.9 Å². The summed E-state index contributed by atoms with van der Waals surface area (Å²) < 4.78 is 18.5. The minimum absolute atomic E-state index is 0.0000926. The molecule has 1 unspecified atom stereocenters. The second-order valence-electron chi connectivity index (χ2n) is 4.10. The van der Waals surface area contributed by atoms with Crippen LogP contribution in [-0.2, 0) is 0 Å². The zero-order valence-corrected chi connectivity index (χ0v) is 10.2. The highest BCUT2D eigenvalue weighted by atomic mass is 35.5. The first-order chi connectivity index (χ1) is 8.58. The zero-order valence-electron chi connectivity index (χ0n) is 9.49. The fraction of sp³-hybridized carbons (Fsp3) is 0.455. The third kappa shape index (κ3) is 2.88. The van der Waals surface area contributed by atoms with Gasteiger partial charge in [-0.15, -0.1) is 0 Å². The first-order valence-corrected chi connectivity index (χ1v) is 5.95. The molecule has 18 heavy (non-hydrogen) atoms. The Balaban J connectivity index is 2.14. The number of nitrogens with zero attached hydrogens (tertiary/aromatic N) is 1. The molecule has 0 saturated carbocycles. The number of nitro groups is 1. The molecule has 0 radical (unpaired) electrons. The van der Waals surface area contributed by atoms with Gasteiger partial charge in [0.25, 0.3) is 0 Å². The molecule has 5 nitrogen and oxygen atoms in total. The number of hydrogen-bond donors (Lipinski definition) is 1. The zero-order chi connectivity index (χ0) is 13.1. The topological polar surface area (TPSA) is 64.4 Å². The van der Waals surface area contributed by atoms with Crippen LogP contribution in [0.1, 0.15) is 12.8 Å². The molecule has 1 fully saturated rings. The number of rotatable bonds is 4. The lowest BCUT2D eigenvalue weighted by molar-refractivity contribution is -0.386. The Labute approximate surface area is 108 Å².